The van der Waals surface area contributed by atoms with Gasteiger partial charge in [0.25, 0.3) is 0 Å². The SMILES string of the molecule is CCC#CC1CCCN(C(CC)C(N)=O)C(=O)C1. The lowest BCUT2D eigenvalue weighted by molar-refractivity contribution is -0.139. The van der Waals surface area contributed by atoms with Crippen LogP contribution in [0.4, 0.5) is 0 Å². The van der Waals surface area contributed by atoms with E-state index in [-0.39, 0.29) is 11.8 Å². The van der Waals surface area contributed by atoms with Crippen LogP contribution < -0.4 is 5.73 Å². The molecule has 0 spiro atoms. The molecule has 0 bridgehead atoms. The molecule has 0 aromatic carbocycles. The average Bonchev–Trinajstić information content (AvgIpc) is 2.50. The van der Waals surface area contributed by atoms with Crippen molar-refractivity contribution in [2.75, 3.05) is 6.54 Å². The Morgan fingerprint density at radius 1 is 1.56 bits per heavy atom. The number of carbonyl (C=O) groups excluding carboxylic acids is 2. The van der Waals surface area contributed by atoms with Crippen molar-refractivity contribution < 1.29 is 9.59 Å². The molecular formula is C14H22N2O2. The minimum absolute atomic E-state index is 0.00792. The fraction of sp³-hybridized carbons (Fsp3) is 0.714. The second kappa shape index (κ2) is 7.05. The normalized spacial score (nSPS) is 21.8. The molecule has 1 aliphatic rings. The zero-order valence-corrected chi connectivity index (χ0v) is 11.2. The number of nitrogens with zero attached hydrogens (tertiary/aromatic N) is 1. The summed E-state index contributed by atoms with van der Waals surface area (Å²) in [5.74, 6) is 5.90. The number of rotatable bonds is 3. The van der Waals surface area contributed by atoms with E-state index in [1.54, 1.807) is 4.90 Å². The van der Waals surface area contributed by atoms with Crippen LogP contribution in [0.3, 0.4) is 0 Å². The minimum atomic E-state index is -0.463. The molecule has 100 valence electrons. The molecule has 2 unspecified atom stereocenters. The molecule has 1 rings (SSSR count). The Labute approximate surface area is 109 Å². The Hall–Kier alpha value is -1.50. The number of likely N-dealkylation sites (tertiary alicyclic amines) is 1. The molecule has 0 aromatic heterocycles. The predicted octanol–water partition coefficient (Wildman–Crippen LogP) is 1.29. The summed E-state index contributed by atoms with van der Waals surface area (Å²) in [6.07, 6.45) is 3.61. The standard InChI is InChI=1S/C14H22N2O2/c1-3-5-7-11-8-6-9-16(13(17)10-11)12(4-2)14(15)18/h11-12H,3-4,6,8-10H2,1-2H3,(H2,15,18). The molecule has 0 saturated carbocycles. The molecule has 0 aromatic rings. The lowest BCUT2D eigenvalue weighted by Crippen LogP contribution is -2.47. The van der Waals surface area contributed by atoms with Crippen molar-refractivity contribution in [3.8, 4) is 11.8 Å². The van der Waals surface area contributed by atoms with Crippen LogP contribution in [0.15, 0.2) is 0 Å². The first-order chi connectivity index (χ1) is 8.60. The lowest BCUT2D eigenvalue weighted by Gasteiger charge is -2.27. The highest BCUT2D eigenvalue weighted by Gasteiger charge is 2.29. The predicted molar refractivity (Wildman–Crippen MR) is 70.4 cm³/mol. The van der Waals surface area contributed by atoms with Gasteiger partial charge in [-0.15, -0.1) is 5.92 Å². The molecule has 4 heteroatoms. The van der Waals surface area contributed by atoms with Crippen molar-refractivity contribution in [1.29, 1.82) is 0 Å². The van der Waals surface area contributed by atoms with Gasteiger partial charge < -0.3 is 10.6 Å². The van der Waals surface area contributed by atoms with Crippen LogP contribution in [-0.4, -0.2) is 29.3 Å². The maximum atomic E-state index is 12.1. The van der Waals surface area contributed by atoms with Crippen LogP contribution in [0.1, 0.15) is 46.0 Å². The van der Waals surface area contributed by atoms with Gasteiger partial charge >= 0.3 is 0 Å². The highest BCUT2D eigenvalue weighted by Crippen LogP contribution is 2.20. The summed E-state index contributed by atoms with van der Waals surface area (Å²) in [6, 6.07) is -0.463. The maximum absolute atomic E-state index is 12.1. The lowest BCUT2D eigenvalue weighted by atomic mass is 10.0. The molecule has 4 nitrogen and oxygen atoms in total. The van der Waals surface area contributed by atoms with Crippen molar-refractivity contribution >= 4 is 11.8 Å². The third-order valence-corrected chi connectivity index (χ3v) is 3.27. The van der Waals surface area contributed by atoms with Crippen molar-refractivity contribution in [2.24, 2.45) is 11.7 Å². The van der Waals surface area contributed by atoms with Crippen LogP contribution in [0.2, 0.25) is 0 Å². The quantitative estimate of drug-likeness (QED) is 0.767. The Morgan fingerprint density at radius 3 is 2.83 bits per heavy atom. The van der Waals surface area contributed by atoms with Crippen molar-refractivity contribution in [1.82, 2.24) is 4.90 Å². The van der Waals surface area contributed by atoms with Gasteiger partial charge in [0.2, 0.25) is 11.8 Å². The molecular weight excluding hydrogens is 228 g/mol. The van der Waals surface area contributed by atoms with Gasteiger partial charge in [0.15, 0.2) is 0 Å². The Balaban J connectivity index is 2.74. The molecule has 1 fully saturated rings. The molecule has 0 radical (unpaired) electrons. The van der Waals surface area contributed by atoms with E-state index in [1.807, 2.05) is 13.8 Å². The number of carbonyl (C=O) groups is 2. The van der Waals surface area contributed by atoms with Crippen molar-refractivity contribution in [2.45, 2.75) is 52.0 Å². The van der Waals surface area contributed by atoms with E-state index < -0.39 is 11.9 Å². The van der Waals surface area contributed by atoms with E-state index in [9.17, 15) is 9.59 Å². The van der Waals surface area contributed by atoms with Crippen molar-refractivity contribution in [3.05, 3.63) is 0 Å². The van der Waals surface area contributed by atoms with Gasteiger partial charge in [0.05, 0.1) is 0 Å². The van der Waals surface area contributed by atoms with Gasteiger partial charge in [-0.1, -0.05) is 19.8 Å². The average molecular weight is 250 g/mol. The van der Waals surface area contributed by atoms with Crippen LogP contribution in [-0.2, 0) is 9.59 Å². The van der Waals surface area contributed by atoms with E-state index in [0.29, 0.717) is 19.4 Å². The monoisotopic (exact) mass is 250 g/mol. The van der Waals surface area contributed by atoms with E-state index >= 15 is 0 Å². The molecule has 18 heavy (non-hydrogen) atoms. The van der Waals surface area contributed by atoms with Gasteiger partial charge in [-0.2, -0.15) is 0 Å². The minimum Gasteiger partial charge on any atom is -0.368 e. The molecule has 2 N–H and O–H groups in total. The summed E-state index contributed by atoms with van der Waals surface area (Å²) < 4.78 is 0. The topological polar surface area (TPSA) is 63.4 Å². The third-order valence-electron chi connectivity index (χ3n) is 3.27. The molecule has 1 aliphatic heterocycles. The number of hydrogen-bond acceptors (Lipinski definition) is 2. The van der Waals surface area contributed by atoms with E-state index in [1.165, 1.54) is 0 Å². The number of nitrogens with two attached hydrogens (primary N) is 1. The first-order valence-corrected chi connectivity index (χ1v) is 6.67. The summed E-state index contributed by atoms with van der Waals surface area (Å²) in [5.41, 5.74) is 5.35. The fourth-order valence-corrected chi connectivity index (χ4v) is 2.34. The summed E-state index contributed by atoms with van der Waals surface area (Å²) in [7, 11) is 0. The third kappa shape index (κ3) is 3.76. The van der Waals surface area contributed by atoms with Crippen LogP contribution in [0, 0.1) is 17.8 Å². The van der Waals surface area contributed by atoms with Crippen LogP contribution >= 0.6 is 0 Å². The fourth-order valence-electron chi connectivity index (χ4n) is 2.34. The second-order valence-corrected chi connectivity index (χ2v) is 4.63. The van der Waals surface area contributed by atoms with Crippen LogP contribution in [0.25, 0.3) is 0 Å². The number of hydrogen-bond donors (Lipinski definition) is 1. The van der Waals surface area contributed by atoms with Gasteiger partial charge in [-0.25, -0.2) is 0 Å². The van der Waals surface area contributed by atoms with E-state index in [0.717, 1.165) is 19.3 Å². The van der Waals surface area contributed by atoms with Gasteiger partial charge in [0.1, 0.15) is 6.04 Å². The highest BCUT2D eigenvalue weighted by molar-refractivity contribution is 5.86. The number of primary amides is 1. The summed E-state index contributed by atoms with van der Waals surface area (Å²) >= 11 is 0. The first kappa shape index (κ1) is 14.6. The second-order valence-electron chi connectivity index (χ2n) is 4.63. The van der Waals surface area contributed by atoms with Gasteiger partial charge in [-0.05, 0) is 19.3 Å². The molecule has 2 atom stereocenters. The summed E-state index contributed by atoms with van der Waals surface area (Å²) in [6.45, 7) is 4.49. The van der Waals surface area contributed by atoms with Gasteiger partial charge in [-0.3, -0.25) is 9.59 Å². The molecule has 1 saturated heterocycles. The van der Waals surface area contributed by atoms with Gasteiger partial charge in [0, 0.05) is 25.3 Å². The smallest absolute Gasteiger partial charge is 0.240 e. The Morgan fingerprint density at radius 2 is 2.28 bits per heavy atom. The molecule has 1 heterocycles. The first-order valence-electron chi connectivity index (χ1n) is 6.67. The number of amides is 2. The Bertz CT molecular complexity index is 368. The largest absolute Gasteiger partial charge is 0.368 e. The van der Waals surface area contributed by atoms with Crippen LogP contribution in [0.5, 0.6) is 0 Å². The summed E-state index contributed by atoms with van der Waals surface area (Å²) in [5, 5.41) is 0. The Kier molecular flexibility index (Phi) is 5.70. The maximum Gasteiger partial charge on any atom is 0.240 e. The summed E-state index contributed by atoms with van der Waals surface area (Å²) in [4.78, 5) is 25.1. The molecule has 0 aliphatic carbocycles. The van der Waals surface area contributed by atoms with E-state index in [4.69, 9.17) is 5.73 Å². The zero-order valence-electron chi connectivity index (χ0n) is 11.2. The van der Waals surface area contributed by atoms with E-state index in [2.05, 4.69) is 11.8 Å². The zero-order chi connectivity index (χ0) is 13.5. The molecule has 2 amide bonds. The highest BCUT2D eigenvalue weighted by atomic mass is 16.2. The van der Waals surface area contributed by atoms with Crippen molar-refractivity contribution in [3.63, 3.8) is 0 Å².